The Hall–Kier alpha value is -0.480. The summed E-state index contributed by atoms with van der Waals surface area (Å²) < 4.78 is 2.26. The molecule has 1 aromatic rings. The molecular formula is C10H17N3S. The van der Waals surface area contributed by atoms with Gasteiger partial charge in [0.1, 0.15) is 0 Å². The average molecular weight is 211 g/mol. The molecule has 2 unspecified atom stereocenters. The lowest BCUT2D eigenvalue weighted by molar-refractivity contribution is 0.475. The molecule has 2 heterocycles. The Kier molecular flexibility index (Phi) is 3.13. The summed E-state index contributed by atoms with van der Waals surface area (Å²) in [6, 6.07) is 0.696. The Morgan fingerprint density at radius 2 is 2.57 bits per heavy atom. The van der Waals surface area contributed by atoms with Crippen LogP contribution in [-0.2, 0) is 0 Å². The molecule has 4 heteroatoms. The first-order chi connectivity index (χ1) is 6.79. The van der Waals surface area contributed by atoms with Crippen LogP contribution < -0.4 is 5.73 Å². The molecular weight excluding hydrogens is 194 g/mol. The average Bonchev–Trinajstić information content (AvgIpc) is 2.67. The van der Waals surface area contributed by atoms with Crippen LogP contribution in [0.25, 0.3) is 0 Å². The van der Waals surface area contributed by atoms with Crippen molar-refractivity contribution in [1.29, 1.82) is 0 Å². The van der Waals surface area contributed by atoms with E-state index in [1.807, 2.05) is 31.2 Å². The second kappa shape index (κ2) is 4.36. The number of nitrogens with two attached hydrogens (primary N) is 1. The molecule has 78 valence electrons. The van der Waals surface area contributed by atoms with Crippen LogP contribution in [0.1, 0.15) is 37.5 Å². The number of thioether (sulfide) groups is 1. The third kappa shape index (κ3) is 1.96. The van der Waals surface area contributed by atoms with E-state index in [1.54, 1.807) is 0 Å². The topological polar surface area (TPSA) is 43.8 Å². The van der Waals surface area contributed by atoms with E-state index in [-0.39, 0.29) is 6.04 Å². The number of rotatable bonds is 2. The first-order valence-electron chi connectivity index (χ1n) is 5.14. The molecule has 0 bridgehead atoms. The van der Waals surface area contributed by atoms with Crippen LogP contribution >= 0.6 is 11.8 Å². The number of imidazole rings is 1. The summed E-state index contributed by atoms with van der Waals surface area (Å²) in [4.78, 5) is 4.19. The fraction of sp³-hybridized carbons (Fsp3) is 0.700. The van der Waals surface area contributed by atoms with Crippen molar-refractivity contribution in [3.8, 4) is 0 Å². The van der Waals surface area contributed by atoms with Gasteiger partial charge >= 0.3 is 0 Å². The van der Waals surface area contributed by atoms with Gasteiger partial charge in [-0.05, 0) is 25.5 Å². The van der Waals surface area contributed by atoms with Crippen LogP contribution in [0.4, 0.5) is 0 Å². The minimum Gasteiger partial charge on any atom is -0.329 e. The second-order valence-electron chi connectivity index (χ2n) is 3.89. The molecule has 0 aliphatic carbocycles. The van der Waals surface area contributed by atoms with Gasteiger partial charge in [-0.2, -0.15) is 11.8 Å². The van der Waals surface area contributed by atoms with E-state index in [0.29, 0.717) is 6.04 Å². The van der Waals surface area contributed by atoms with Gasteiger partial charge in [-0.1, -0.05) is 0 Å². The summed E-state index contributed by atoms with van der Waals surface area (Å²) >= 11 is 2.03. The third-order valence-electron chi connectivity index (χ3n) is 2.69. The molecule has 2 N–H and O–H groups in total. The summed E-state index contributed by atoms with van der Waals surface area (Å²) in [5.74, 6) is 2.51. The standard InChI is InChI=1S/C10H17N3S/c1-8(11)10-5-12-7-13(10)9-3-2-4-14-6-9/h5,7-9H,2-4,6,11H2,1H3. The third-order valence-corrected chi connectivity index (χ3v) is 3.89. The Morgan fingerprint density at radius 1 is 1.71 bits per heavy atom. The monoisotopic (exact) mass is 211 g/mol. The molecule has 0 radical (unpaired) electrons. The van der Waals surface area contributed by atoms with Crippen LogP contribution in [-0.4, -0.2) is 21.1 Å². The maximum Gasteiger partial charge on any atom is 0.0951 e. The minimum atomic E-state index is 0.0874. The van der Waals surface area contributed by atoms with Gasteiger partial charge in [0.05, 0.1) is 12.0 Å². The predicted octanol–water partition coefficient (Wildman–Crippen LogP) is 1.97. The first kappa shape index (κ1) is 10.1. The largest absolute Gasteiger partial charge is 0.329 e. The quantitative estimate of drug-likeness (QED) is 0.813. The molecule has 1 aromatic heterocycles. The molecule has 0 saturated carbocycles. The van der Waals surface area contributed by atoms with E-state index in [2.05, 4.69) is 9.55 Å². The van der Waals surface area contributed by atoms with E-state index in [0.717, 1.165) is 5.69 Å². The summed E-state index contributed by atoms with van der Waals surface area (Å²) in [7, 11) is 0. The van der Waals surface area contributed by atoms with Crippen LogP contribution in [0, 0.1) is 0 Å². The highest BCUT2D eigenvalue weighted by atomic mass is 32.2. The SMILES string of the molecule is CC(N)c1cncn1C1CCCSC1. The van der Waals surface area contributed by atoms with Crippen LogP contribution in [0.2, 0.25) is 0 Å². The van der Waals surface area contributed by atoms with Crippen LogP contribution in [0.15, 0.2) is 12.5 Å². The Morgan fingerprint density at radius 3 is 3.21 bits per heavy atom. The fourth-order valence-corrected chi connectivity index (χ4v) is 3.05. The lowest BCUT2D eigenvalue weighted by Gasteiger charge is -2.25. The van der Waals surface area contributed by atoms with Crippen molar-refractivity contribution in [2.45, 2.75) is 31.8 Å². The summed E-state index contributed by atoms with van der Waals surface area (Å²) in [5, 5.41) is 0. The molecule has 1 aliphatic rings. The van der Waals surface area contributed by atoms with Crippen molar-refractivity contribution in [2.24, 2.45) is 5.73 Å². The number of aromatic nitrogens is 2. The highest BCUT2D eigenvalue weighted by Crippen LogP contribution is 2.28. The van der Waals surface area contributed by atoms with Gasteiger partial charge in [0.2, 0.25) is 0 Å². The molecule has 2 atom stereocenters. The molecule has 1 saturated heterocycles. The van der Waals surface area contributed by atoms with E-state index in [9.17, 15) is 0 Å². The molecule has 2 rings (SSSR count). The van der Waals surface area contributed by atoms with Gasteiger partial charge in [0, 0.05) is 24.0 Å². The van der Waals surface area contributed by atoms with Crippen molar-refractivity contribution in [3.05, 3.63) is 18.2 Å². The van der Waals surface area contributed by atoms with Crippen molar-refractivity contribution in [1.82, 2.24) is 9.55 Å². The molecule has 14 heavy (non-hydrogen) atoms. The normalized spacial score (nSPS) is 24.9. The van der Waals surface area contributed by atoms with Gasteiger partial charge < -0.3 is 10.3 Å². The maximum absolute atomic E-state index is 5.90. The molecule has 0 aromatic carbocycles. The summed E-state index contributed by atoms with van der Waals surface area (Å²) in [6.45, 7) is 2.02. The van der Waals surface area contributed by atoms with Gasteiger partial charge in [-0.3, -0.25) is 0 Å². The van der Waals surface area contributed by atoms with Gasteiger partial charge in [-0.25, -0.2) is 4.98 Å². The highest BCUT2D eigenvalue weighted by Gasteiger charge is 2.18. The zero-order valence-electron chi connectivity index (χ0n) is 8.52. The smallest absolute Gasteiger partial charge is 0.0951 e. The molecule has 3 nitrogen and oxygen atoms in total. The number of nitrogens with zero attached hydrogens (tertiary/aromatic N) is 2. The van der Waals surface area contributed by atoms with Crippen LogP contribution in [0.3, 0.4) is 0 Å². The van der Waals surface area contributed by atoms with E-state index in [4.69, 9.17) is 5.73 Å². The van der Waals surface area contributed by atoms with Gasteiger partial charge in [-0.15, -0.1) is 0 Å². The Labute approximate surface area is 89.1 Å². The van der Waals surface area contributed by atoms with Crippen molar-refractivity contribution < 1.29 is 0 Å². The van der Waals surface area contributed by atoms with Gasteiger partial charge in [0.15, 0.2) is 0 Å². The van der Waals surface area contributed by atoms with E-state index in [1.165, 1.54) is 24.3 Å². The zero-order chi connectivity index (χ0) is 9.97. The molecule has 0 amide bonds. The van der Waals surface area contributed by atoms with E-state index >= 15 is 0 Å². The fourth-order valence-electron chi connectivity index (χ4n) is 1.92. The maximum atomic E-state index is 5.90. The minimum absolute atomic E-state index is 0.0874. The zero-order valence-corrected chi connectivity index (χ0v) is 9.33. The number of hydrogen-bond donors (Lipinski definition) is 1. The molecule has 0 spiro atoms. The Balaban J connectivity index is 2.17. The first-order valence-corrected chi connectivity index (χ1v) is 6.29. The van der Waals surface area contributed by atoms with Crippen LogP contribution in [0.5, 0.6) is 0 Å². The van der Waals surface area contributed by atoms with E-state index < -0.39 is 0 Å². The van der Waals surface area contributed by atoms with Gasteiger partial charge in [0.25, 0.3) is 0 Å². The Bertz CT molecular complexity index is 289. The molecule has 1 aliphatic heterocycles. The van der Waals surface area contributed by atoms with Crippen molar-refractivity contribution in [3.63, 3.8) is 0 Å². The highest BCUT2D eigenvalue weighted by molar-refractivity contribution is 7.99. The lowest BCUT2D eigenvalue weighted by atomic mass is 10.1. The molecule has 1 fully saturated rings. The van der Waals surface area contributed by atoms with Crippen molar-refractivity contribution in [2.75, 3.05) is 11.5 Å². The lowest BCUT2D eigenvalue weighted by Crippen LogP contribution is -2.20. The summed E-state index contributed by atoms with van der Waals surface area (Å²) in [6.07, 6.45) is 6.40. The predicted molar refractivity (Wildman–Crippen MR) is 60.4 cm³/mol. The van der Waals surface area contributed by atoms with Crippen molar-refractivity contribution >= 4 is 11.8 Å². The number of hydrogen-bond acceptors (Lipinski definition) is 3. The second-order valence-corrected chi connectivity index (χ2v) is 5.04. The summed E-state index contributed by atoms with van der Waals surface area (Å²) in [5.41, 5.74) is 7.06.